The van der Waals surface area contributed by atoms with Gasteiger partial charge in [0, 0.05) is 19.1 Å². The number of hydrogen-bond donors (Lipinski definition) is 1. The van der Waals surface area contributed by atoms with Crippen molar-refractivity contribution in [3.8, 4) is 11.4 Å². The molecule has 10 nitrogen and oxygen atoms in total. The fourth-order valence-electron chi connectivity index (χ4n) is 4.48. The summed E-state index contributed by atoms with van der Waals surface area (Å²) in [6.07, 6.45) is -2.63. The van der Waals surface area contributed by atoms with Crippen LogP contribution in [-0.2, 0) is 29.0 Å². The van der Waals surface area contributed by atoms with Crippen molar-refractivity contribution < 1.29 is 36.6 Å². The molecular formula is C30H26F4N6O4S. The predicted octanol–water partition coefficient (Wildman–Crippen LogP) is 6.21. The van der Waals surface area contributed by atoms with E-state index in [1.807, 2.05) is 25.1 Å². The number of amides is 3. The molecule has 0 bridgehead atoms. The number of nitrogens with zero attached hydrogens (tertiary/aromatic N) is 5. The standard InChI is InChI=1S/C30H26F4N6O4S/c1-18-3-6-20(15-43-2)25(13-18)40-27(41)16-45-29(40)37-28(42)36-24-11-4-19(14-23(24)31)5-12-26-35-17-39(38-26)21-7-9-22(10-8-21)44-30(32,33)34/h3-4,6-11,13-14,17H,5,12,15-16H2,1-2H3,(H,36,42)/b37-29-. The minimum atomic E-state index is -4.78. The van der Waals surface area contributed by atoms with Gasteiger partial charge in [0.1, 0.15) is 17.9 Å². The van der Waals surface area contributed by atoms with Gasteiger partial charge >= 0.3 is 12.4 Å². The van der Waals surface area contributed by atoms with E-state index in [0.29, 0.717) is 35.6 Å². The number of benzene rings is 3. The molecule has 0 atom stereocenters. The second kappa shape index (κ2) is 13.5. The molecule has 0 unspecified atom stereocenters. The highest BCUT2D eigenvalue weighted by atomic mass is 32.2. The third kappa shape index (κ3) is 8.05. The summed E-state index contributed by atoms with van der Waals surface area (Å²) in [6, 6.07) is 14.2. The van der Waals surface area contributed by atoms with E-state index < -0.39 is 18.2 Å². The van der Waals surface area contributed by atoms with Crippen LogP contribution in [0, 0.1) is 12.7 Å². The Bertz CT molecular complexity index is 1740. The van der Waals surface area contributed by atoms with Crippen LogP contribution in [-0.4, -0.2) is 51.1 Å². The number of amidine groups is 1. The second-order valence-electron chi connectivity index (χ2n) is 9.87. The molecule has 3 aromatic carbocycles. The van der Waals surface area contributed by atoms with Crippen molar-refractivity contribution in [1.29, 1.82) is 0 Å². The van der Waals surface area contributed by atoms with Crippen LogP contribution in [0.1, 0.15) is 22.5 Å². The van der Waals surface area contributed by atoms with E-state index >= 15 is 0 Å². The Hall–Kier alpha value is -4.76. The monoisotopic (exact) mass is 642 g/mol. The van der Waals surface area contributed by atoms with Crippen molar-refractivity contribution in [1.82, 2.24) is 14.8 Å². The van der Waals surface area contributed by atoms with Gasteiger partial charge in [0.05, 0.1) is 29.4 Å². The molecule has 0 saturated carbocycles. The smallest absolute Gasteiger partial charge is 0.406 e. The summed E-state index contributed by atoms with van der Waals surface area (Å²) in [4.78, 5) is 35.1. The number of hydrogen-bond acceptors (Lipinski definition) is 7. The fraction of sp³-hybridized carbons (Fsp3) is 0.233. The Kier molecular flexibility index (Phi) is 9.48. The number of thioether (sulfide) groups is 1. The topological polar surface area (TPSA) is 111 Å². The number of aromatic nitrogens is 3. The number of urea groups is 1. The minimum Gasteiger partial charge on any atom is -0.406 e. The van der Waals surface area contributed by atoms with Gasteiger partial charge in [0.2, 0.25) is 5.91 Å². The van der Waals surface area contributed by atoms with Crippen molar-refractivity contribution in [2.45, 2.75) is 32.7 Å². The first-order chi connectivity index (χ1) is 21.5. The number of halogens is 4. The lowest BCUT2D eigenvalue weighted by Crippen LogP contribution is -2.31. The van der Waals surface area contributed by atoms with E-state index in [-0.39, 0.29) is 34.9 Å². The van der Waals surface area contributed by atoms with Crippen molar-refractivity contribution in [3.63, 3.8) is 0 Å². The van der Waals surface area contributed by atoms with Gasteiger partial charge in [-0.15, -0.1) is 13.2 Å². The Labute approximate surface area is 259 Å². The molecule has 5 rings (SSSR count). The van der Waals surface area contributed by atoms with Gasteiger partial charge in [0.25, 0.3) is 0 Å². The summed E-state index contributed by atoms with van der Waals surface area (Å²) in [7, 11) is 1.54. The molecule has 45 heavy (non-hydrogen) atoms. The van der Waals surface area contributed by atoms with Crippen LogP contribution >= 0.6 is 11.8 Å². The molecule has 1 aromatic heterocycles. The van der Waals surface area contributed by atoms with E-state index in [4.69, 9.17) is 4.74 Å². The molecule has 0 aliphatic carbocycles. The largest absolute Gasteiger partial charge is 0.573 e. The van der Waals surface area contributed by atoms with Crippen molar-refractivity contribution in [3.05, 3.63) is 95.3 Å². The number of aliphatic imine (C=N–C) groups is 1. The maximum absolute atomic E-state index is 14.9. The number of methoxy groups -OCH3 is 1. The average molecular weight is 643 g/mol. The molecule has 0 radical (unpaired) electrons. The van der Waals surface area contributed by atoms with Gasteiger partial charge in [-0.05, 0) is 66.9 Å². The third-order valence-electron chi connectivity index (χ3n) is 6.53. The van der Waals surface area contributed by atoms with Crippen LogP contribution in [0.3, 0.4) is 0 Å². The maximum Gasteiger partial charge on any atom is 0.573 e. The fourth-order valence-corrected chi connectivity index (χ4v) is 5.34. The highest BCUT2D eigenvalue weighted by molar-refractivity contribution is 8.15. The summed E-state index contributed by atoms with van der Waals surface area (Å²) in [5.41, 5.74) is 3.26. The number of ether oxygens (including phenoxy) is 2. The number of carbonyl (C=O) groups is 2. The molecule has 4 aromatic rings. The molecule has 1 N–H and O–H groups in total. The van der Waals surface area contributed by atoms with E-state index in [1.54, 1.807) is 13.2 Å². The Morgan fingerprint density at radius 3 is 2.58 bits per heavy atom. The molecular weight excluding hydrogens is 616 g/mol. The molecule has 1 saturated heterocycles. The number of rotatable bonds is 9. The number of aryl methyl sites for hydroxylation is 3. The van der Waals surface area contributed by atoms with Crippen LogP contribution in [0.5, 0.6) is 5.75 Å². The highest BCUT2D eigenvalue weighted by Crippen LogP contribution is 2.31. The summed E-state index contributed by atoms with van der Waals surface area (Å²) in [5, 5.41) is 6.93. The molecule has 3 amide bonds. The van der Waals surface area contributed by atoms with E-state index in [1.165, 1.54) is 52.3 Å². The van der Waals surface area contributed by atoms with Gasteiger partial charge in [-0.1, -0.05) is 30.0 Å². The average Bonchev–Trinajstić information content (AvgIpc) is 3.60. The Morgan fingerprint density at radius 1 is 1.09 bits per heavy atom. The van der Waals surface area contributed by atoms with Crippen LogP contribution in [0.25, 0.3) is 5.69 Å². The summed E-state index contributed by atoms with van der Waals surface area (Å²) < 4.78 is 62.6. The zero-order valence-electron chi connectivity index (χ0n) is 24.0. The number of nitrogens with one attached hydrogen (secondary N) is 1. The first-order valence-corrected chi connectivity index (χ1v) is 14.5. The zero-order valence-corrected chi connectivity index (χ0v) is 24.8. The lowest BCUT2D eigenvalue weighted by molar-refractivity contribution is -0.274. The van der Waals surface area contributed by atoms with Crippen LogP contribution in [0.4, 0.5) is 33.7 Å². The van der Waals surface area contributed by atoms with E-state index in [2.05, 4.69) is 25.1 Å². The lowest BCUT2D eigenvalue weighted by Gasteiger charge is -2.20. The summed E-state index contributed by atoms with van der Waals surface area (Å²) in [6.45, 7) is 2.15. The van der Waals surface area contributed by atoms with Crippen LogP contribution < -0.4 is 15.0 Å². The van der Waals surface area contributed by atoms with Crippen molar-refractivity contribution >= 4 is 40.2 Å². The van der Waals surface area contributed by atoms with Gasteiger partial charge in [-0.3, -0.25) is 9.69 Å². The normalized spacial score (nSPS) is 14.3. The molecule has 2 heterocycles. The number of anilines is 2. The van der Waals surface area contributed by atoms with Gasteiger partial charge in [-0.25, -0.2) is 18.9 Å². The second-order valence-corrected chi connectivity index (χ2v) is 10.8. The zero-order chi connectivity index (χ0) is 32.1. The van der Waals surface area contributed by atoms with Gasteiger partial charge in [0.15, 0.2) is 11.0 Å². The Morgan fingerprint density at radius 2 is 1.87 bits per heavy atom. The lowest BCUT2D eigenvalue weighted by atomic mass is 10.1. The SMILES string of the molecule is COCc1ccc(C)cc1N1C(=O)CS/C1=N\C(=O)Nc1ccc(CCc2ncn(-c3ccc(OC(F)(F)F)cc3)n2)cc1F. The summed E-state index contributed by atoms with van der Waals surface area (Å²) >= 11 is 1.11. The van der Waals surface area contributed by atoms with Gasteiger partial charge in [-0.2, -0.15) is 10.1 Å². The number of carbonyl (C=O) groups excluding carboxylic acids is 2. The predicted molar refractivity (Wildman–Crippen MR) is 160 cm³/mol. The quantitative estimate of drug-likeness (QED) is 0.216. The molecule has 234 valence electrons. The first-order valence-electron chi connectivity index (χ1n) is 13.5. The minimum absolute atomic E-state index is 0.0787. The van der Waals surface area contributed by atoms with Crippen LogP contribution in [0.15, 0.2) is 72.0 Å². The maximum atomic E-state index is 14.9. The molecule has 1 aliphatic heterocycles. The third-order valence-corrected chi connectivity index (χ3v) is 7.45. The molecule has 0 spiro atoms. The number of alkyl halides is 3. The Balaban J connectivity index is 1.21. The van der Waals surface area contributed by atoms with E-state index in [0.717, 1.165) is 22.9 Å². The molecule has 15 heteroatoms. The first kappa shape index (κ1) is 31.7. The summed E-state index contributed by atoms with van der Waals surface area (Å²) in [5.74, 6) is -0.721. The van der Waals surface area contributed by atoms with Crippen molar-refractivity contribution in [2.24, 2.45) is 4.99 Å². The molecule has 1 fully saturated rings. The van der Waals surface area contributed by atoms with E-state index in [9.17, 15) is 27.2 Å². The van der Waals surface area contributed by atoms with Crippen molar-refractivity contribution in [2.75, 3.05) is 23.1 Å². The van der Waals surface area contributed by atoms with Gasteiger partial charge < -0.3 is 14.8 Å². The van der Waals surface area contributed by atoms with Crippen LogP contribution in [0.2, 0.25) is 0 Å². The molecule has 1 aliphatic rings. The highest BCUT2D eigenvalue weighted by Gasteiger charge is 2.32.